The molecule has 0 bridgehead atoms. The van der Waals surface area contributed by atoms with Crippen molar-refractivity contribution in [2.75, 3.05) is 6.54 Å². The summed E-state index contributed by atoms with van der Waals surface area (Å²) in [5.41, 5.74) is 1.72. The fraction of sp³-hybridized carbons (Fsp3) is 0.533. The minimum Gasteiger partial charge on any atom is -0.508 e. The van der Waals surface area contributed by atoms with Crippen LogP contribution >= 0.6 is 0 Å². The standard InChI is InChI=1S/C15H21NO3/c1-15(2,3)19-14(18)16-8-4-5-11-6-7-13(17)9-12(11)10-16/h6-7,9,17H,4-5,8,10H2,1-3H3. The van der Waals surface area contributed by atoms with Crippen molar-refractivity contribution in [2.24, 2.45) is 0 Å². The molecule has 1 aromatic carbocycles. The van der Waals surface area contributed by atoms with Gasteiger partial charge in [-0.25, -0.2) is 4.79 Å². The summed E-state index contributed by atoms with van der Waals surface area (Å²) in [6.07, 6.45) is 1.55. The molecule has 0 spiro atoms. The molecule has 104 valence electrons. The van der Waals surface area contributed by atoms with Crippen LogP contribution in [-0.4, -0.2) is 28.2 Å². The highest BCUT2D eigenvalue weighted by Gasteiger charge is 2.24. The second-order valence-electron chi connectivity index (χ2n) is 5.96. The molecule has 1 N–H and O–H groups in total. The van der Waals surface area contributed by atoms with Gasteiger partial charge in [-0.2, -0.15) is 0 Å². The Morgan fingerprint density at radius 3 is 2.74 bits per heavy atom. The van der Waals surface area contributed by atoms with Crippen molar-refractivity contribution in [3.05, 3.63) is 29.3 Å². The van der Waals surface area contributed by atoms with Crippen LogP contribution in [0.15, 0.2) is 18.2 Å². The SMILES string of the molecule is CC(C)(C)OC(=O)N1CCCc2ccc(O)cc2C1. The molecule has 1 heterocycles. The van der Waals surface area contributed by atoms with E-state index in [1.54, 1.807) is 17.0 Å². The van der Waals surface area contributed by atoms with Gasteiger partial charge < -0.3 is 14.7 Å². The number of amides is 1. The number of phenolic OH excluding ortho intramolecular Hbond substituents is 1. The van der Waals surface area contributed by atoms with E-state index in [1.807, 2.05) is 26.8 Å². The van der Waals surface area contributed by atoms with Gasteiger partial charge in [-0.1, -0.05) is 6.07 Å². The lowest BCUT2D eigenvalue weighted by Crippen LogP contribution is -2.36. The van der Waals surface area contributed by atoms with Gasteiger partial charge in [0, 0.05) is 13.1 Å². The Hall–Kier alpha value is -1.71. The smallest absolute Gasteiger partial charge is 0.410 e. The third-order valence-corrected chi connectivity index (χ3v) is 3.08. The average Bonchev–Trinajstić information content (AvgIpc) is 2.48. The predicted octanol–water partition coefficient (Wildman–Crippen LogP) is 3.08. The fourth-order valence-electron chi connectivity index (χ4n) is 2.23. The molecular formula is C15H21NO3. The minimum atomic E-state index is -0.481. The van der Waals surface area contributed by atoms with Crippen LogP contribution in [0.25, 0.3) is 0 Å². The highest BCUT2D eigenvalue weighted by atomic mass is 16.6. The van der Waals surface area contributed by atoms with Gasteiger partial charge in [0.15, 0.2) is 0 Å². The Labute approximate surface area is 114 Å². The molecule has 0 aromatic heterocycles. The third kappa shape index (κ3) is 3.63. The Balaban J connectivity index is 2.15. The van der Waals surface area contributed by atoms with Gasteiger partial charge in [-0.15, -0.1) is 0 Å². The number of fused-ring (bicyclic) bond motifs is 1. The van der Waals surface area contributed by atoms with Crippen LogP contribution in [0.2, 0.25) is 0 Å². The molecule has 0 unspecified atom stereocenters. The molecule has 0 fully saturated rings. The highest BCUT2D eigenvalue weighted by Crippen LogP contribution is 2.24. The number of hydrogen-bond acceptors (Lipinski definition) is 3. The van der Waals surface area contributed by atoms with Crippen molar-refractivity contribution in [1.29, 1.82) is 0 Å². The number of hydrogen-bond donors (Lipinski definition) is 1. The van der Waals surface area contributed by atoms with E-state index < -0.39 is 5.60 Å². The lowest BCUT2D eigenvalue weighted by atomic mass is 10.0. The largest absolute Gasteiger partial charge is 0.508 e. The summed E-state index contributed by atoms with van der Waals surface area (Å²) in [6.45, 7) is 6.77. The van der Waals surface area contributed by atoms with Crippen LogP contribution in [0.1, 0.15) is 38.3 Å². The molecule has 1 aliphatic heterocycles. The van der Waals surface area contributed by atoms with E-state index in [0.29, 0.717) is 13.1 Å². The molecule has 1 aliphatic rings. The van der Waals surface area contributed by atoms with E-state index in [9.17, 15) is 9.90 Å². The van der Waals surface area contributed by atoms with E-state index in [0.717, 1.165) is 18.4 Å². The summed E-state index contributed by atoms with van der Waals surface area (Å²) in [6, 6.07) is 5.36. The van der Waals surface area contributed by atoms with Crippen LogP contribution < -0.4 is 0 Å². The van der Waals surface area contributed by atoms with Crippen LogP contribution in [0.5, 0.6) is 5.75 Å². The molecule has 0 saturated heterocycles. The van der Waals surface area contributed by atoms with Crippen LogP contribution in [-0.2, 0) is 17.7 Å². The number of phenols is 1. The van der Waals surface area contributed by atoms with Gasteiger partial charge in [0.25, 0.3) is 0 Å². The normalized spacial score (nSPS) is 15.6. The van der Waals surface area contributed by atoms with E-state index in [-0.39, 0.29) is 11.8 Å². The zero-order chi connectivity index (χ0) is 14.0. The van der Waals surface area contributed by atoms with Crippen LogP contribution in [0.3, 0.4) is 0 Å². The number of aromatic hydroxyl groups is 1. The summed E-state index contributed by atoms with van der Waals surface area (Å²) < 4.78 is 5.40. The molecule has 1 amide bonds. The van der Waals surface area contributed by atoms with Gasteiger partial charge in [-0.3, -0.25) is 0 Å². The average molecular weight is 263 g/mol. The summed E-state index contributed by atoms with van der Waals surface area (Å²) in [5, 5.41) is 9.56. The summed E-state index contributed by atoms with van der Waals surface area (Å²) in [4.78, 5) is 13.8. The quantitative estimate of drug-likeness (QED) is 0.782. The Morgan fingerprint density at radius 2 is 2.05 bits per heavy atom. The third-order valence-electron chi connectivity index (χ3n) is 3.08. The maximum atomic E-state index is 12.1. The monoisotopic (exact) mass is 263 g/mol. The highest BCUT2D eigenvalue weighted by molar-refractivity contribution is 5.68. The lowest BCUT2D eigenvalue weighted by molar-refractivity contribution is 0.0236. The molecule has 0 radical (unpaired) electrons. The maximum Gasteiger partial charge on any atom is 0.410 e. The van der Waals surface area contributed by atoms with Gasteiger partial charge >= 0.3 is 6.09 Å². The molecule has 4 nitrogen and oxygen atoms in total. The first kappa shape index (κ1) is 13.7. The molecule has 1 aromatic rings. The maximum absolute atomic E-state index is 12.1. The summed E-state index contributed by atoms with van der Waals surface area (Å²) in [7, 11) is 0. The van der Waals surface area contributed by atoms with Crippen LogP contribution in [0.4, 0.5) is 4.79 Å². The lowest BCUT2D eigenvalue weighted by Gasteiger charge is -2.26. The van der Waals surface area contributed by atoms with Gasteiger partial charge in [0.1, 0.15) is 11.4 Å². The van der Waals surface area contributed by atoms with E-state index in [1.165, 1.54) is 5.56 Å². The van der Waals surface area contributed by atoms with Crippen molar-refractivity contribution >= 4 is 6.09 Å². The topological polar surface area (TPSA) is 49.8 Å². The van der Waals surface area contributed by atoms with E-state index >= 15 is 0 Å². The molecule has 0 aliphatic carbocycles. The van der Waals surface area contributed by atoms with E-state index in [2.05, 4.69) is 0 Å². The number of benzene rings is 1. The van der Waals surface area contributed by atoms with E-state index in [4.69, 9.17) is 4.74 Å². The number of nitrogens with zero attached hydrogens (tertiary/aromatic N) is 1. The minimum absolute atomic E-state index is 0.241. The number of rotatable bonds is 0. The summed E-state index contributed by atoms with van der Waals surface area (Å²) in [5.74, 6) is 0.241. The van der Waals surface area contributed by atoms with Crippen molar-refractivity contribution in [3.8, 4) is 5.75 Å². The number of carbonyl (C=O) groups excluding carboxylic acids is 1. The van der Waals surface area contributed by atoms with Crippen molar-refractivity contribution in [2.45, 2.75) is 45.8 Å². The Kier molecular flexibility index (Phi) is 3.69. The van der Waals surface area contributed by atoms with Crippen molar-refractivity contribution < 1.29 is 14.6 Å². The zero-order valence-corrected chi connectivity index (χ0v) is 11.8. The first-order chi connectivity index (χ1) is 8.85. The molecule has 19 heavy (non-hydrogen) atoms. The van der Waals surface area contributed by atoms with Gasteiger partial charge in [0.05, 0.1) is 0 Å². The van der Waals surface area contributed by atoms with Crippen LogP contribution in [0, 0.1) is 0 Å². The van der Waals surface area contributed by atoms with Crippen molar-refractivity contribution in [1.82, 2.24) is 4.90 Å². The number of aryl methyl sites for hydroxylation is 1. The molecule has 2 rings (SSSR count). The number of carbonyl (C=O) groups is 1. The summed E-state index contributed by atoms with van der Waals surface area (Å²) >= 11 is 0. The molecule has 0 atom stereocenters. The second-order valence-corrected chi connectivity index (χ2v) is 5.96. The second kappa shape index (κ2) is 5.11. The first-order valence-corrected chi connectivity index (χ1v) is 6.64. The molecular weight excluding hydrogens is 242 g/mol. The zero-order valence-electron chi connectivity index (χ0n) is 11.8. The molecule has 4 heteroatoms. The molecule has 0 saturated carbocycles. The Morgan fingerprint density at radius 1 is 1.32 bits per heavy atom. The van der Waals surface area contributed by atoms with Gasteiger partial charge in [-0.05, 0) is 56.9 Å². The predicted molar refractivity (Wildman–Crippen MR) is 73.1 cm³/mol. The van der Waals surface area contributed by atoms with Gasteiger partial charge in [0.2, 0.25) is 0 Å². The number of ether oxygens (including phenoxy) is 1. The fourth-order valence-corrected chi connectivity index (χ4v) is 2.23. The first-order valence-electron chi connectivity index (χ1n) is 6.64. The Bertz CT molecular complexity index is 477. The van der Waals surface area contributed by atoms with Crippen molar-refractivity contribution in [3.63, 3.8) is 0 Å².